The van der Waals surface area contributed by atoms with Crippen molar-refractivity contribution in [3.8, 4) is 0 Å². The van der Waals surface area contributed by atoms with E-state index >= 15 is 0 Å². The van der Waals surface area contributed by atoms with Crippen LogP contribution in [0.15, 0.2) is 23.2 Å². The summed E-state index contributed by atoms with van der Waals surface area (Å²) in [6, 6.07) is 5.22. The van der Waals surface area contributed by atoms with Crippen molar-refractivity contribution in [1.29, 1.82) is 0 Å². The Hall–Kier alpha value is -0.710. The first kappa shape index (κ1) is 16.3. The van der Waals surface area contributed by atoms with Crippen LogP contribution in [0.2, 0.25) is 10.0 Å². The number of anilines is 1. The molecule has 0 aromatic heterocycles. The fourth-order valence-electron chi connectivity index (χ4n) is 1.21. The average molecular weight is 319 g/mol. The number of para-hydroxylation sites is 1. The summed E-state index contributed by atoms with van der Waals surface area (Å²) in [7, 11) is 0. The molecule has 0 radical (unpaired) electrons. The maximum Gasteiger partial charge on any atom is 0.244 e. The topological polar surface area (TPSA) is 41.5 Å². The predicted octanol–water partition coefficient (Wildman–Crippen LogP) is 4.70. The summed E-state index contributed by atoms with van der Waals surface area (Å²) in [6.07, 6.45) is 0. The number of carbonyl (C=O) groups excluding carboxylic acids is 1. The molecule has 0 aliphatic rings. The van der Waals surface area contributed by atoms with E-state index in [1.54, 1.807) is 18.2 Å². The fraction of sp³-hybridized carbons (Fsp3) is 0.385. The number of aliphatic imine (C=N–C) groups is 1. The highest BCUT2D eigenvalue weighted by atomic mass is 35.5. The van der Waals surface area contributed by atoms with Crippen molar-refractivity contribution in [3.05, 3.63) is 28.2 Å². The second-order valence-corrected chi connectivity index (χ2v) is 6.19. The van der Waals surface area contributed by atoms with Gasteiger partial charge in [0.2, 0.25) is 5.91 Å². The molecule has 0 aliphatic carbocycles. The number of benzene rings is 1. The highest BCUT2D eigenvalue weighted by molar-refractivity contribution is 8.14. The quantitative estimate of drug-likeness (QED) is 0.649. The van der Waals surface area contributed by atoms with Crippen LogP contribution >= 0.6 is 35.0 Å². The summed E-state index contributed by atoms with van der Waals surface area (Å²) in [6.45, 7) is 5.60. The Morgan fingerprint density at radius 2 is 1.95 bits per heavy atom. The zero-order valence-corrected chi connectivity index (χ0v) is 13.4. The van der Waals surface area contributed by atoms with Gasteiger partial charge in [-0.2, -0.15) is 4.99 Å². The molecule has 0 saturated carbocycles. The van der Waals surface area contributed by atoms with Gasteiger partial charge in [-0.1, -0.05) is 54.9 Å². The van der Waals surface area contributed by atoms with E-state index in [-0.39, 0.29) is 5.91 Å². The van der Waals surface area contributed by atoms with Crippen LogP contribution in [0.1, 0.15) is 20.8 Å². The molecule has 1 aromatic carbocycles. The van der Waals surface area contributed by atoms with Crippen molar-refractivity contribution in [2.24, 2.45) is 10.9 Å². The van der Waals surface area contributed by atoms with Crippen molar-refractivity contribution < 1.29 is 4.79 Å². The Bertz CT molecular complexity index is 469. The number of hydrogen-bond donors (Lipinski definition) is 1. The van der Waals surface area contributed by atoms with Crippen molar-refractivity contribution in [2.75, 3.05) is 11.1 Å². The molecular formula is C13H16Cl2N2OS. The minimum Gasteiger partial charge on any atom is -0.332 e. The minimum absolute atomic E-state index is 0.262. The molecule has 1 aromatic rings. The van der Waals surface area contributed by atoms with Crippen LogP contribution in [0, 0.1) is 5.92 Å². The SMILES string of the molecule is CC(=O)/N=C(/Nc1c(Cl)cccc1Cl)SCC(C)C. The Labute approximate surface area is 127 Å². The normalized spacial score (nSPS) is 11.8. The van der Waals surface area contributed by atoms with Crippen LogP contribution in [0.25, 0.3) is 0 Å². The molecular weight excluding hydrogens is 303 g/mol. The van der Waals surface area contributed by atoms with Crippen LogP contribution in [0.3, 0.4) is 0 Å². The maximum atomic E-state index is 11.2. The van der Waals surface area contributed by atoms with Gasteiger partial charge in [0.1, 0.15) is 0 Å². The predicted molar refractivity (Wildman–Crippen MR) is 85.5 cm³/mol. The Balaban J connectivity index is 2.91. The maximum absolute atomic E-state index is 11.2. The van der Waals surface area contributed by atoms with Gasteiger partial charge < -0.3 is 5.32 Å². The zero-order chi connectivity index (χ0) is 14.4. The average Bonchev–Trinajstić information content (AvgIpc) is 2.30. The van der Waals surface area contributed by atoms with Crippen molar-refractivity contribution in [1.82, 2.24) is 0 Å². The van der Waals surface area contributed by atoms with Crippen LogP contribution in [-0.4, -0.2) is 16.8 Å². The van der Waals surface area contributed by atoms with Crippen molar-refractivity contribution >= 4 is 51.7 Å². The molecule has 0 atom stereocenters. The van der Waals surface area contributed by atoms with E-state index in [2.05, 4.69) is 24.2 Å². The molecule has 0 aliphatic heterocycles. The van der Waals surface area contributed by atoms with E-state index in [4.69, 9.17) is 23.2 Å². The first-order chi connectivity index (χ1) is 8.90. The highest BCUT2D eigenvalue weighted by Gasteiger charge is 2.10. The molecule has 0 bridgehead atoms. The lowest BCUT2D eigenvalue weighted by Crippen LogP contribution is -2.12. The third-order valence-corrected chi connectivity index (χ3v) is 3.94. The summed E-state index contributed by atoms with van der Waals surface area (Å²) in [5.74, 6) is 1.08. The molecule has 0 heterocycles. The lowest BCUT2D eigenvalue weighted by atomic mass is 10.3. The zero-order valence-electron chi connectivity index (χ0n) is 11.0. The van der Waals surface area contributed by atoms with Gasteiger partial charge in [-0.3, -0.25) is 4.79 Å². The fourth-order valence-corrected chi connectivity index (χ4v) is 2.56. The number of carbonyl (C=O) groups is 1. The van der Waals surface area contributed by atoms with Gasteiger partial charge >= 0.3 is 0 Å². The molecule has 3 nitrogen and oxygen atoms in total. The van der Waals surface area contributed by atoms with Crippen LogP contribution in [0.4, 0.5) is 5.69 Å². The monoisotopic (exact) mass is 318 g/mol. The van der Waals surface area contributed by atoms with Crippen LogP contribution in [-0.2, 0) is 4.79 Å². The van der Waals surface area contributed by atoms with Gasteiger partial charge in [-0.25, -0.2) is 0 Å². The van der Waals surface area contributed by atoms with E-state index in [1.807, 2.05) is 0 Å². The molecule has 1 N–H and O–H groups in total. The number of amidine groups is 1. The molecule has 0 fully saturated rings. The Kier molecular flexibility index (Phi) is 6.69. The molecule has 19 heavy (non-hydrogen) atoms. The van der Waals surface area contributed by atoms with Gasteiger partial charge in [-0.05, 0) is 18.1 Å². The Morgan fingerprint density at radius 3 is 2.42 bits per heavy atom. The number of nitrogens with zero attached hydrogens (tertiary/aromatic N) is 1. The molecule has 1 amide bonds. The van der Waals surface area contributed by atoms with E-state index in [1.165, 1.54) is 18.7 Å². The van der Waals surface area contributed by atoms with Gasteiger partial charge in [0.25, 0.3) is 0 Å². The highest BCUT2D eigenvalue weighted by Crippen LogP contribution is 2.30. The first-order valence-corrected chi connectivity index (χ1v) is 7.57. The number of nitrogens with one attached hydrogen (secondary N) is 1. The molecule has 104 valence electrons. The summed E-state index contributed by atoms with van der Waals surface area (Å²) in [5.41, 5.74) is 0.571. The van der Waals surface area contributed by atoms with E-state index in [0.29, 0.717) is 26.8 Å². The molecule has 0 unspecified atom stereocenters. The number of rotatable bonds is 3. The van der Waals surface area contributed by atoms with Gasteiger partial charge in [0, 0.05) is 12.7 Å². The number of amides is 1. The second kappa shape index (κ2) is 7.78. The summed E-state index contributed by atoms with van der Waals surface area (Å²) < 4.78 is 0. The summed E-state index contributed by atoms with van der Waals surface area (Å²) in [4.78, 5) is 15.1. The van der Waals surface area contributed by atoms with Gasteiger partial charge in [0.05, 0.1) is 15.7 Å². The second-order valence-electron chi connectivity index (χ2n) is 4.36. The molecule has 0 saturated heterocycles. The Morgan fingerprint density at radius 1 is 1.37 bits per heavy atom. The third-order valence-electron chi connectivity index (χ3n) is 2.01. The standard InChI is InChI=1S/C13H16Cl2N2OS/c1-8(2)7-19-13(16-9(3)18)17-12-10(14)5-4-6-11(12)15/h4-6,8H,7H2,1-3H3,(H,16,17,18). The van der Waals surface area contributed by atoms with Gasteiger partial charge in [-0.15, -0.1) is 0 Å². The van der Waals surface area contributed by atoms with Crippen LogP contribution < -0.4 is 5.32 Å². The number of thioether (sulfide) groups is 1. The van der Waals surface area contributed by atoms with E-state index in [9.17, 15) is 4.79 Å². The van der Waals surface area contributed by atoms with E-state index < -0.39 is 0 Å². The van der Waals surface area contributed by atoms with Crippen molar-refractivity contribution in [2.45, 2.75) is 20.8 Å². The first-order valence-electron chi connectivity index (χ1n) is 5.83. The molecule has 6 heteroatoms. The summed E-state index contributed by atoms with van der Waals surface area (Å²) in [5, 5.41) is 4.53. The lowest BCUT2D eigenvalue weighted by molar-refractivity contribution is -0.115. The van der Waals surface area contributed by atoms with Gasteiger partial charge in [0.15, 0.2) is 5.17 Å². The van der Waals surface area contributed by atoms with Crippen molar-refractivity contribution in [3.63, 3.8) is 0 Å². The van der Waals surface area contributed by atoms with E-state index in [0.717, 1.165) is 5.75 Å². The molecule has 0 spiro atoms. The van der Waals surface area contributed by atoms with Crippen LogP contribution in [0.5, 0.6) is 0 Å². The minimum atomic E-state index is -0.262. The molecule has 1 rings (SSSR count). The number of halogens is 2. The number of hydrogen-bond acceptors (Lipinski definition) is 2. The lowest BCUT2D eigenvalue weighted by Gasteiger charge is -2.12. The summed E-state index contributed by atoms with van der Waals surface area (Å²) >= 11 is 13.6. The largest absolute Gasteiger partial charge is 0.332 e. The smallest absolute Gasteiger partial charge is 0.244 e. The third kappa shape index (κ3) is 5.85.